The summed E-state index contributed by atoms with van der Waals surface area (Å²) in [6, 6.07) is 10.2. The zero-order chi connectivity index (χ0) is 16.2. The van der Waals surface area contributed by atoms with Gasteiger partial charge in [0, 0.05) is 34.8 Å². The van der Waals surface area contributed by atoms with E-state index >= 15 is 0 Å². The first-order valence-electron chi connectivity index (χ1n) is 8.05. The van der Waals surface area contributed by atoms with E-state index < -0.39 is 0 Å². The molecule has 0 bridgehead atoms. The van der Waals surface area contributed by atoms with E-state index in [1.807, 2.05) is 44.4 Å². The van der Waals surface area contributed by atoms with Crippen LogP contribution in [0, 0.1) is 5.92 Å². The van der Waals surface area contributed by atoms with Gasteiger partial charge >= 0.3 is 0 Å². The third kappa shape index (κ3) is 3.11. The molecule has 3 rings (SSSR count). The maximum Gasteiger partial charge on any atom is 0.227 e. The lowest BCUT2D eigenvalue weighted by atomic mass is 10.0. The second kappa shape index (κ2) is 6.65. The van der Waals surface area contributed by atoms with E-state index in [0.717, 1.165) is 40.6 Å². The lowest BCUT2D eigenvalue weighted by molar-refractivity contribution is -0.120. The number of hydrogen-bond acceptors (Lipinski definition) is 2. The quantitative estimate of drug-likeness (QED) is 0.723. The Hall–Kier alpha value is -2.62. The summed E-state index contributed by atoms with van der Waals surface area (Å²) in [5, 5.41) is 4.14. The van der Waals surface area contributed by atoms with Gasteiger partial charge in [-0.3, -0.25) is 9.78 Å². The number of carbonyl (C=O) groups excluding carboxylic acids is 1. The molecule has 2 aromatic heterocycles. The van der Waals surface area contributed by atoms with Gasteiger partial charge in [0.05, 0.1) is 11.9 Å². The average molecular weight is 307 g/mol. The van der Waals surface area contributed by atoms with E-state index in [4.69, 9.17) is 0 Å². The number of H-pyrrole nitrogens is 1. The van der Waals surface area contributed by atoms with Crippen LogP contribution in [0.25, 0.3) is 22.0 Å². The van der Waals surface area contributed by atoms with Crippen molar-refractivity contribution in [2.75, 3.05) is 5.32 Å². The molecule has 4 nitrogen and oxygen atoms in total. The number of carbonyl (C=O) groups is 1. The summed E-state index contributed by atoms with van der Waals surface area (Å²) in [5.41, 5.74) is 3.94. The van der Waals surface area contributed by atoms with Crippen molar-refractivity contribution in [1.82, 2.24) is 9.97 Å². The Balaban J connectivity index is 1.91. The van der Waals surface area contributed by atoms with Crippen molar-refractivity contribution in [3.63, 3.8) is 0 Å². The summed E-state index contributed by atoms with van der Waals surface area (Å²) in [6.45, 7) is 4.07. The van der Waals surface area contributed by atoms with Crippen LogP contribution >= 0.6 is 0 Å². The molecule has 1 amide bonds. The number of aromatic amines is 1. The lowest BCUT2D eigenvalue weighted by Gasteiger charge is -2.13. The molecule has 0 aliphatic rings. The topological polar surface area (TPSA) is 57.8 Å². The number of aromatic nitrogens is 2. The molecule has 0 saturated carbocycles. The highest BCUT2D eigenvalue weighted by atomic mass is 16.1. The Bertz CT molecular complexity index is 818. The number of fused-ring (bicyclic) bond motifs is 1. The molecular formula is C19H21N3O. The standard InChI is InChI=1S/C19H21N3O/c1-3-13(4-2)19(23)22-15-10-14(11-20-12-15)16-6-5-7-18-17(16)8-9-21-18/h5-13,21H,3-4H2,1-2H3,(H,22,23). The second-order valence-corrected chi connectivity index (χ2v) is 5.71. The molecule has 0 fully saturated rings. The van der Waals surface area contributed by atoms with Crippen molar-refractivity contribution >= 4 is 22.5 Å². The van der Waals surface area contributed by atoms with Gasteiger partial charge in [-0.1, -0.05) is 26.0 Å². The largest absolute Gasteiger partial charge is 0.361 e. The minimum atomic E-state index is 0.0479. The molecule has 0 atom stereocenters. The fourth-order valence-electron chi connectivity index (χ4n) is 2.90. The van der Waals surface area contributed by atoms with Crippen molar-refractivity contribution in [2.24, 2.45) is 5.92 Å². The van der Waals surface area contributed by atoms with Gasteiger partial charge in [0.1, 0.15) is 0 Å². The Morgan fingerprint density at radius 2 is 2.04 bits per heavy atom. The average Bonchev–Trinajstić information content (AvgIpc) is 3.04. The summed E-state index contributed by atoms with van der Waals surface area (Å²) in [7, 11) is 0. The lowest BCUT2D eigenvalue weighted by Crippen LogP contribution is -2.21. The van der Waals surface area contributed by atoms with Crippen LogP contribution in [-0.2, 0) is 4.79 Å². The van der Waals surface area contributed by atoms with Crippen molar-refractivity contribution < 1.29 is 4.79 Å². The molecular weight excluding hydrogens is 286 g/mol. The SMILES string of the molecule is CCC(CC)C(=O)Nc1cncc(-c2cccc3[nH]ccc23)c1. The van der Waals surface area contributed by atoms with Gasteiger partial charge in [-0.15, -0.1) is 0 Å². The predicted molar refractivity (Wildman–Crippen MR) is 94.2 cm³/mol. The number of hydrogen-bond donors (Lipinski definition) is 2. The molecule has 1 aromatic carbocycles. The second-order valence-electron chi connectivity index (χ2n) is 5.71. The number of pyridine rings is 1. The maximum absolute atomic E-state index is 12.2. The molecule has 0 unspecified atom stereocenters. The van der Waals surface area contributed by atoms with Gasteiger partial charge in [-0.2, -0.15) is 0 Å². The Morgan fingerprint density at radius 1 is 1.22 bits per heavy atom. The van der Waals surface area contributed by atoms with Crippen LogP contribution in [0.3, 0.4) is 0 Å². The summed E-state index contributed by atoms with van der Waals surface area (Å²) >= 11 is 0. The maximum atomic E-state index is 12.2. The molecule has 4 heteroatoms. The van der Waals surface area contributed by atoms with E-state index in [2.05, 4.69) is 27.4 Å². The van der Waals surface area contributed by atoms with Gasteiger partial charge in [-0.25, -0.2) is 0 Å². The highest BCUT2D eigenvalue weighted by Gasteiger charge is 2.14. The van der Waals surface area contributed by atoms with E-state index in [1.54, 1.807) is 6.20 Å². The summed E-state index contributed by atoms with van der Waals surface area (Å²) in [6.07, 6.45) is 7.14. The molecule has 2 N–H and O–H groups in total. The van der Waals surface area contributed by atoms with Crippen LogP contribution in [0.1, 0.15) is 26.7 Å². The summed E-state index contributed by atoms with van der Waals surface area (Å²) in [4.78, 5) is 19.8. The molecule has 0 radical (unpaired) electrons. The highest BCUT2D eigenvalue weighted by Crippen LogP contribution is 2.29. The summed E-state index contributed by atoms with van der Waals surface area (Å²) < 4.78 is 0. The molecule has 0 aliphatic carbocycles. The van der Waals surface area contributed by atoms with Crippen molar-refractivity contribution in [3.05, 3.63) is 48.9 Å². The van der Waals surface area contributed by atoms with E-state index in [-0.39, 0.29) is 11.8 Å². The molecule has 2 heterocycles. The van der Waals surface area contributed by atoms with Gasteiger partial charge in [0.2, 0.25) is 5.91 Å². The van der Waals surface area contributed by atoms with Crippen LogP contribution in [0.15, 0.2) is 48.9 Å². The van der Waals surface area contributed by atoms with Crippen LogP contribution in [0.4, 0.5) is 5.69 Å². The Labute approximate surface area is 136 Å². The first-order valence-corrected chi connectivity index (χ1v) is 8.05. The first-order chi connectivity index (χ1) is 11.2. The van der Waals surface area contributed by atoms with Crippen molar-refractivity contribution in [3.8, 4) is 11.1 Å². The summed E-state index contributed by atoms with van der Waals surface area (Å²) in [5.74, 6) is 0.112. The number of amides is 1. The number of benzene rings is 1. The smallest absolute Gasteiger partial charge is 0.227 e. The fourth-order valence-corrected chi connectivity index (χ4v) is 2.90. The van der Waals surface area contributed by atoms with Gasteiger partial charge in [0.25, 0.3) is 0 Å². The molecule has 0 spiro atoms. The van der Waals surface area contributed by atoms with E-state index in [0.29, 0.717) is 0 Å². The zero-order valence-corrected chi connectivity index (χ0v) is 13.5. The molecule has 23 heavy (non-hydrogen) atoms. The molecule has 118 valence electrons. The van der Waals surface area contributed by atoms with Crippen molar-refractivity contribution in [1.29, 1.82) is 0 Å². The van der Waals surface area contributed by atoms with Crippen molar-refractivity contribution in [2.45, 2.75) is 26.7 Å². The van der Waals surface area contributed by atoms with Gasteiger partial charge < -0.3 is 10.3 Å². The van der Waals surface area contributed by atoms with Crippen LogP contribution in [0.2, 0.25) is 0 Å². The number of nitrogens with one attached hydrogen (secondary N) is 2. The van der Waals surface area contributed by atoms with Crippen LogP contribution in [-0.4, -0.2) is 15.9 Å². The van der Waals surface area contributed by atoms with Crippen LogP contribution in [0.5, 0.6) is 0 Å². The van der Waals surface area contributed by atoms with E-state index in [9.17, 15) is 4.79 Å². The number of anilines is 1. The first kappa shape index (κ1) is 15.3. The predicted octanol–water partition coefficient (Wildman–Crippen LogP) is 4.60. The van der Waals surface area contributed by atoms with Gasteiger partial charge in [0.15, 0.2) is 0 Å². The minimum absolute atomic E-state index is 0.0479. The number of rotatable bonds is 5. The zero-order valence-electron chi connectivity index (χ0n) is 13.5. The fraction of sp³-hybridized carbons (Fsp3) is 0.263. The normalized spacial score (nSPS) is 11.1. The Morgan fingerprint density at radius 3 is 2.83 bits per heavy atom. The molecule has 3 aromatic rings. The molecule has 0 saturated heterocycles. The molecule has 0 aliphatic heterocycles. The van der Waals surface area contributed by atoms with Crippen LogP contribution < -0.4 is 5.32 Å². The monoisotopic (exact) mass is 307 g/mol. The number of nitrogens with zero attached hydrogens (tertiary/aromatic N) is 1. The Kier molecular flexibility index (Phi) is 4.42. The highest BCUT2D eigenvalue weighted by molar-refractivity contribution is 5.97. The third-order valence-electron chi connectivity index (χ3n) is 4.27. The minimum Gasteiger partial charge on any atom is -0.361 e. The van der Waals surface area contributed by atoms with Gasteiger partial charge in [-0.05, 0) is 36.6 Å². The van der Waals surface area contributed by atoms with E-state index in [1.165, 1.54) is 0 Å². The third-order valence-corrected chi connectivity index (χ3v) is 4.27.